The van der Waals surface area contributed by atoms with Gasteiger partial charge in [-0.25, -0.2) is 4.98 Å². The van der Waals surface area contributed by atoms with E-state index in [-0.39, 0.29) is 0 Å². The van der Waals surface area contributed by atoms with Crippen LogP contribution >= 0.6 is 11.3 Å². The number of thiophene rings is 1. The number of anilines is 1. The number of imidazole rings is 1. The molecule has 0 saturated carbocycles. The molecular weight excluding hydrogens is 278 g/mol. The number of hydrogen-bond acceptors (Lipinski definition) is 3. The van der Waals surface area contributed by atoms with Gasteiger partial charge < -0.3 is 9.88 Å². The Bertz CT molecular complexity index is 893. The molecule has 1 N–H and O–H groups in total. The van der Waals surface area contributed by atoms with Crippen molar-refractivity contribution in [2.24, 2.45) is 0 Å². The molecule has 2 heterocycles. The Balaban J connectivity index is 1.74. The first-order valence-corrected chi connectivity index (χ1v) is 7.72. The molecule has 104 valence electrons. The summed E-state index contributed by atoms with van der Waals surface area (Å²) in [6.07, 6.45) is 3.59. The van der Waals surface area contributed by atoms with Crippen molar-refractivity contribution in [3.8, 4) is 0 Å². The Morgan fingerprint density at radius 1 is 1.10 bits per heavy atom. The molecule has 0 radical (unpaired) electrons. The van der Waals surface area contributed by atoms with Gasteiger partial charge in [-0.15, -0.1) is 11.3 Å². The lowest BCUT2D eigenvalue weighted by molar-refractivity contribution is 0.895. The third-order valence-electron chi connectivity index (χ3n) is 3.77. The van der Waals surface area contributed by atoms with Gasteiger partial charge in [0.1, 0.15) is 0 Å². The Morgan fingerprint density at radius 2 is 1.95 bits per heavy atom. The molecule has 0 aliphatic carbocycles. The van der Waals surface area contributed by atoms with Crippen molar-refractivity contribution in [3.63, 3.8) is 0 Å². The van der Waals surface area contributed by atoms with E-state index in [4.69, 9.17) is 0 Å². The van der Waals surface area contributed by atoms with E-state index in [9.17, 15) is 0 Å². The lowest BCUT2D eigenvalue weighted by Crippen LogP contribution is -2.16. The Morgan fingerprint density at radius 3 is 2.81 bits per heavy atom. The van der Waals surface area contributed by atoms with Crippen molar-refractivity contribution in [2.75, 3.05) is 11.9 Å². The fourth-order valence-corrected chi connectivity index (χ4v) is 3.81. The molecule has 0 aliphatic heterocycles. The summed E-state index contributed by atoms with van der Waals surface area (Å²) >= 11 is 1.85. The van der Waals surface area contributed by atoms with Gasteiger partial charge in [-0.1, -0.05) is 24.3 Å². The molecule has 0 bridgehead atoms. The van der Waals surface area contributed by atoms with Crippen molar-refractivity contribution in [1.29, 1.82) is 0 Å². The molecule has 0 saturated heterocycles. The molecule has 0 spiro atoms. The summed E-state index contributed by atoms with van der Waals surface area (Å²) in [5.74, 6) is 0. The number of aromatic amines is 1. The maximum Gasteiger partial charge on any atom is 0.0922 e. The zero-order chi connectivity index (χ0) is 14.2. The van der Waals surface area contributed by atoms with Crippen LogP contribution in [0.4, 0.5) is 5.69 Å². The van der Waals surface area contributed by atoms with Crippen LogP contribution in [0.25, 0.3) is 20.2 Å². The van der Waals surface area contributed by atoms with Crippen molar-refractivity contribution in [2.45, 2.75) is 6.54 Å². The first-order chi connectivity index (χ1) is 10.3. The summed E-state index contributed by atoms with van der Waals surface area (Å²) < 4.78 is 2.69. The highest BCUT2D eigenvalue weighted by molar-refractivity contribution is 7.25. The quantitative estimate of drug-likeness (QED) is 0.606. The topological polar surface area (TPSA) is 31.9 Å². The molecule has 4 heteroatoms. The van der Waals surface area contributed by atoms with E-state index < -0.39 is 0 Å². The van der Waals surface area contributed by atoms with Crippen LogP contribution in [0.15, 0.2) is 55.0 Å². The summed E-state index contributed by atoms with van der Waals surface area (Å²) in [7, 11) is 2.11. The number of fused-ring (bicyclic) bond motifs is 3. The van der Waals surface area contributed by atoms with Gasteiger partial charge in [0.15, 0.2) is 0 Å². The molecule has 2 aromatic heterocycles. The first kappa shape index (κ1) is 12.4. The van der Waals surface area contributed by atoms with Crippen LogP contribution in [-0.2, 0) is 6.54 Å². The highest BCUT2D eigenvalue weighted by atomic mass is 32.1. The van der Waals surface area contributed by atoms with Gasteiger partial charge in [0.2, 0.25) is 0 Å². The van der Waals surface area contributed by atoms with Gasteiger partial charge in [0, 0.05) is 39.1 Å². The molecule has 3 nitrogen and oxygen atoms in total. The number of nitrogens with zero attached hydrogens (tertiary/aromatic N) is 2. The summed E-state index contributed by atoms with van der Waals surface area (Å²) in [5, 5.41) is 2.69. The number of aromatic nitrogens is 2. The second kappa shape index (κ2) is 4.90. The van der Waals surface area contributed by atoms with E-state index in [1.54, 1.807) is 6.33 Å². The van der Waals surface area contributed by atoms with Gasteiger partial charge in [-0.2, -0.15) is 0 Å². The summed E-state index contributed by atoms with van der Waals surface area (Å²) in [6.45, 7) is 0.830. The smallest absolute Gasteiger partial charge is 0.0922 e. The molecule has 4 aromatic rings. The van der Waals surface area contributed by atoms with Crippen LogP contribution in [0, 0.1) is 0 Å². The van der Waals surface area contributed by atoms with Gasteiger partial charge in [-0.05, 0) is 18.2 Å². The largest absolute Gasteiger partial charge is 0.369 e. The summed E-state index contributed by atoms with van der Waals surface area (Å²) in [6, 6.07) is 15.3. The van der Waals surface area contributed by atoms with E-state index in [1.807, 2.05) is 17.5 Å². The normalized spacial score (nSPS) is 11.3. The second-order valence-electron chi connectivity index (χ2n) is 5.21. The molecule has 21 heavy (non-hydrogen) atoms. The first-order valence-electron chi connectivity index (χ1n) is 6.91. The third-order valence-corrected chi connectivity index (χ3v) is 4.90. The van der Waals surface area contributed by atoms with Crippen molar-refractivity contribution >= 4 is 37.2 Å². The minimum absolute atomic E-state index is 0.830. The van der Waals surface area contributed by atoms with Gasteiger partial charge >= 0.3 is 0 Å². The minimum atomic E-state index is 0.830. The highest BCUT2D eigenvalue weighted by Crippen LogP contribution is 2.35. The molecule has 2 aromatic carbocycles. The molecule has 0 amide bonds. The zero-order valence-corrected chi connectivity index (χ0v) is 12.5. The van der Waals surface area contributed by atoms with Crippen LogP contribution in [0.3, 0.4) is 0 Å². The van der Waals surface area contributed by atoms with Gasteiger partial charge in [0.25, 0.3) is 0 Å². The fourth-order valence-electron chi connectivity index (χ4n) is 2.67. The van der Waals surface area contributed by atoms with Crippen molar-refractivity contribution < 1.29 is 0 Å². The van der Waals surface area contributed by atoms with Gasteiger partial charge in [-0.3, -0.25) is 0 Å². The number of rotatable bonds is 3. The van der Waals surface area contributed by atoms with E-state index in [2.05, 4.69) is 64.4 Å². The molecule has 0 unspecified atom stereocenters. The van der Waals surface area contributed by atoms with Gasteiger partial charge in [0.05, 0.1) is 18.6 Å². The van der Waals surface area contributed by atoms with E-state index in [0.29, 0.717) is 0 Å². The average molecular weight is 293 g/mol. The SMILES string of the molecule is CN(Cc1cnc[nH]1)c1ccc2c(c1)sc1ccccc12. The standard InChI is InChI=1S/C17H15N3S/c1-20(10-12-9-18-11-19-12)13-6-7-15-14-4-2-3-5-16(14)21-17(15)8-13/h2-9,11H,10H2,1H3,(H,18,19). The van der Waals surface area contributed by atoms with E-state index in [0.717, 1.165) is 12.2 Å². The van der Waals surface area contributed by atoms with Crippen molar-refractivity contribution in [3.05, 3.63) is 60.7 Å². The summed E-state index contributed by atoms with van der Waals surface area (Å²) in [5.41, 5.74) is 2.34. The lowest BCUT2D eigenvalue weighted by Gasteiger charge is -2.18. The Labute approximate surface area is 126 Å². The van der Waals surface area contributed by atoms with Crippen LogP contribution in [-0.4, -0.2) is 17.0 Å². The second-order valence-corrected chi connectivity index (χ2v) is 6.30. The maximum absolute atomic E-state index is 4.07. The van der Waals surface area contributed by atoms with Crippen LogP contribution in [0.2, 0.25) is 0 Å². The predicted octanol–water partition coefficient (Wildman–Crippen LogP) is 4.41. The fraction of sp³-hybridized carbons (Fsp3) is 0.118. The number of benzene rings is 2. The Kier molecular flexibility index (Phi) is 2.89. The highest BCUT2D eigenvalue weighted by Gasteiger charge is 2.08. The van der Waals surface area contributed by atoms with E-state index in [1.165, 1.54) is 25.9 Å². The number of hydrogen-bond donors (Lipinski definition) is 1. The average Bonchev–Trinajstić information content (AvgIpc) is 3.13. The molecule has 0 aliphatic rings. The van der Waals surface area contributed by atoms with E-state index >= 15 is 0 Å². The molecule has 0 atom stereocenters. The van der Waals surface area contributed by atoms with Crippen LogP contribution in [0.5, 0.6) is 0 Å². The van der Waals surface area contributed by atoms with Crippen molar-refractivity contribution in [1.82, 2.24) is 9.97 Å². The minimum Gasteiger partial charge on any atom is -0.369 e. The molecule has 4 rings (SSSR count). The van der Waals surface area contributed by atoms with Crippen LogP contribution < -0.4 is 4.90 Å². The molecule has 0 fully saturated rings. The predicted molar refractivity (Wildman–Crippen MR) is 90.0 cm³/mol. The lowest BCUT2D eigenvalue weighted by atomic mass is 10.1. The molecular formula is C17H15N3S. The summed E-state index contributed by atoms with van der Waals surface area (Å²) in [4.78, 5) is 9.45. The monoisotopic (exact) mass is 293 g/mol. The van der Waals surface area contributed by atoms with Crippen LogP contribution in [0.1, 0.15) is 5.69 Å². The maximum atomic E-state index is 4.07. The zero-order valence-electron chi connectivity index (χ0n) is 11.7. The Hall–Kier alpha value is -2.33. The number of nitrogens with one attached hydrogen (secondary N) is 1. The third kappa shape index (κ3) is 2.17. The number of H-pyrrole nitrogens is 1.